The summed E-state index contributed by atoms with van der Waals surface area (Å²) in [6.45, 7) is 0. The summed E-state index contributed by atoms with van der Waals surface area (Å²) < 4.78 is 12.6. The summed E-state index contributed by atoms with van der Waals surface area (Å²) in [5.41, 5.74) is 10.7. The molecule has 0 aliphatic heterocycles. The highest BCUT2D eigenvalue weighted by atomic mass is 16.3. The van der Waals surface area contributed by atoms with Crippen LogP contribution < -0.4 is 0 Å². The zero-order valence-electron chi connectivity index (χ0n) is 28.9. The molecule has 5 nitrogen and oxygen atoms in total. The first-order valence-electron chi connectivity index (χ1n) is 18.0. The van der Waals surface area contributed by atoms with Gasteiger partial charge in [-0.1, -0.05) is 127 Å². The summed E-state index contributed by atoms with van der Waals surface area (Å²) >= 11 is 0. The summed E-state index contributed by atoms with van der Waals surface area (Å²) in [7, 11) is 0. The summed E-state index contributed by atoms with van der Waals surface area (Å²) in [6.07, 6.45) is 0. The highest BCUT2D eigenvalue weighted by Gasteiger charge is 2.17. The average Bonchev–Trinajstić information content (AvgIpc) is 3.81. The Balaban J connectivity index is 1.05. The number of hydrogen-bond donors (Lipinski definition) is 0. The van der Waals surface area contributed by atoms with Crippen molar-refractivity contribution in [3.8, 4) is 56.4 Å². The summed E-state index contributed by atoms with van der Waals surface area (Å²) in [5, 5.41) is 6.58. The third kappa shape index (κ3) is 5.06. The van der Waals surface area contributed by atoms with E-state index in [1.807, 2.05) is 60.7 Å². The highest BCUT2D eigenvalue weighted by molar-refractivity contribution is 6.14. The van der Waals surface area contributed by atoms with E-state index in [0.717, 1.165) is 88.0 Å². The molecule has 252 valence electrons. The summed E-state index contributed by atoms with van der Waals surface area (Å²) in [4.78, 5) is 15.1. The minimum atomic E-state index is 0.587. The lowest BCUT2D eigenvalue weighted by Gasteiger charge is -2.10. The van der Waals surface area contributed by atoms with Gasteiger partial charge in [-0.3, -0.25) is 0 Å². The molecular weight excluding hydrogens is 663 g/mol. The lowest BCUT2D eigenvalue weighted by Crippen LogP contribution is -2.00. The molecule has 0 fully saturated rings. The molecule has 0 amide bonds. The first-order valence-corrected chi connectivity index (χ1v) is 18.0. The molecule has 11 rings (SSSR count). The van der Waals surface area contributed by atoms with Crippen LogP contribution in [0.3, 0.4) is 0 Å². The average molecular weight is 692 g/mol. The topological polar surface area (TPSA) is 65.0 Å². The molecule has 54 heavy (non-hydrogen) atoms. The Kier molecular flexibility index (Phi) is 6.79. The molecule has 0 N–H and O–H groups in total. The first kappa shape index (κ1) is 30.3. The van der Waals surface area contributed by atoms with Crippen molar-refractivity contribution >= 4 is 54.6 Å². The molecule has 0 aliphatic carbocycles. The van der Waals surface area contributed by atoms with Crippen LogP contribution in [-0.2, 0) is 0 Å². The summed E-state index contributed by atoms with van der Waals surface area (Å²) in [6, 6.07) is 60.6. The third-order valence-electron chi connectivity index (χ3n) is 10.3. The quantitative estimate of drug-likeness (QED) is 0.180. The zero-order valence-corrected chi connectivity index (χ0v) is 28.9. The third-order valence-corrected chi connectivity index (χ3v) is 10.3. The largest absolute Gasteiger partial charge is 0.456 e. The van der Waals surface area contributed by atoms with Gasteiger partial charge in [0, 0.05) is 38.2 Å². The van der Waals surface area contributed by atoms with Crippen LogP contribution in [0.4, 0.5) is 0 Å². The van der Waals surface area contributed by atoms with Crippen molar-refractivity contribution < 1.29 is 8.83 Å². The van der Waals surface area contributed by atoms with Gasteiger partial charge >= 0.3 is 0 Å². The zero-order chi connectivity index (χ0) is 35.6. The minimum Gasteiger partial charge on any atom is -0.456 e. The van der Waals surface area contributed by atoms with Gasteiger partial charge in [-0.25, -0.2) is 15.0 Å². The van der Waals surface area contributed by atoms with E-state index in [1.54, 1.807) is 0 Å². The molecule has 3 aromatic heterocycles. The Morgan fingerprint density at radius 2 is 0.870 bits per heavy atom. The second kappa shape index (κ2) is 12.1. The van der Waals surface area contributed by atoms with Crippen molar-refractivity contribution in [2.45, 2.75) is 0 Å². The molecule has 0 atom stereocenters. The van der Waals surface area contributed by atoms with Crippen molar-refractivity contribution in [2.75, 3.05) is 0 Å². The van der Waals surface area contributed by atoms with Gasteiger partial charge in [-0.05, 0) is 81.6 Å². The Bertz CT molecular complexity index is 3220. The van der Waals surface area contributed by atoms with E-state index < -0.39 is 0 Å². The molecule has 3 heterocycles. The van der Waals surface area contributed by atoms with Crippen LogP contribution in [0.2, 0.25) is 0 Å². The van der Waals surface area contributed by atoms with Gasteiger partial charge in [0.25, 0.3) is 0 Å². The molecule has 8 aromatic carbocycles. The number of benzene rings is 8. The molecule has 0 saturated heterocycles. The lowest BCUT2D eigenvalue weighted by molar-refractivity contribution is 0.668. The molecule has 0 radical (unpaired) electrons. The van der Waals surface area contributed by atoms with Gasteiger partial charge in [0.05, 0.1) is 0 Å². The molecule has 0 aliphatic rings. The van der Waals surface area contributed by atoms with Crippen molar-refractivity contribution in [3.63, 3.8) is 0 Å². The van der Waals surface area contributed by atoms with Gasteiger partial charge in [-0.15, -0.1) is 0 Å². The highest BCUT2D eigenvalue weighted by Crippen LogP contribution is 2.40. The number of nitrogens with zero attached hydrogens (tertiary/aromatic N) is 3. The van der Waals surface area contributed by atoms with E-state index in [1.165, 1.54) is 5.56 Å². The van der Waals surface area contributed by atoms with Crippen molar-refractivity contribution in [3.05, 3.63) is 176 Å². The number of aromatic nitrogens is 3. The second-order valence-electron chi connectivity index (χ2n) is 13.6. The van der Waals surface area contributed by atoms with Gasteiger partial charge in [-0.2, -0.15) is 0 Å². The fraction of sp³-hybridized carbons (Fsp3) is 0. The lowest BCUT2D eigenvalue weighted by atomic mass is 9.95. The SMILES string of the molecule is c1ccc(-c2ccc3oc4cccc(-c5ccc6ccc(-c7nc(-c8ccccc8)nc(-c8ccc9c(c8)oc8ccccc89)n7)cc6c5)c4c3c2)cc1. The second-order valence-corrected chi connectivity index (χ2v) is 13.6. The van der Waals surface area contributed by atoms with Crippen LogP contribution in [-0.4, -0.2) is 15.0 Å². The van der Waals surface area contributed by atoms with Gasteiger partial charge in [0.2, 0.25) is 0 Å². The van der Waals surface area contributed by atoms with Gasteiger partial charge < -0.3 is 8.83 Å². The van der Waals surface area contributed by atoms with Crippen LogP contribution in [0.1, 0.15) is 0 Å². The monoisotopic (exact) mass is 691 g/mol. The molecule has 0 saturated carbocycles. The molecular formula is C49H29N3O2. The maximum absolute atomic E-state index is 6.38. The minimum absolute atomic E-state index is 0.587. The predicted molar refractivity (Wildman–Crippen MR) is 219 cm³/mol. The Labute approximate surface area is 309 Å². The van der Waals surface area contributed by atoms with E-state index in [2.05, 4.69) is 115 Å². The molecule has 0 bridgehead atoms. The molecule has 0 unspecified atom stereocenters. The standard InChI is InChI=1S/C49H29N3O2/c1-3-10-30(11-4-1)33-23-25-43-41(28-33)46-38(15-9-17-44(46)53-43)34-20-18-31-19-21-35(27-37(31)26-34)48-50-47(32-12-5-2-6-13-32)51-49(52-48)36-22-24-40-39-14-7-8-16-42(39)54-45(40)29-36/h1-29H. The van der Waals surface area contributed by atoms with Crippen LogP contribution in [0, 0.1) is 0 Å². The first-order chi connectivity index (χ1) is 26.7. The van der Waals surface area contributed by atoms with Crippen molar-refractivity contribution in [2.24, 2.45) is 0 Å². The van der Waals surface area contributed by atoms with Crippen LogP contribution in [0.25, 0.3) is 111 Å². The van der Waals surface area contributed by atoms with E-state index in [0.29, 0.717) is 17.5 Å². The van der Waals surface area contributed by atoms with Gasteiger partial charge in [0.1, 0.15) is 22.3 Å². The van der Waals surface area contributed by atoms with Gasteiger partial charge in [0.15, 0.2) is 17.5 Å². The molecule has 0 spiro atoms. The molecule has 11 aromatic rings. The van der Waals surface area contributed by atoms with Crippen LogP contribution in [0.5, 0.6) is 0 Å². The molecule has 5 heteroatoms. The predicted octanol–water partition coefficient (Wildman–Crippen LogP) is 13.2. The van der Waals surface area contributed by atoms with E-state index in [9.17, 15) is 0 Å². The Morgan fingerprint density at radius 3 is 1.69 bits per heavy atom. The number of hydrogen-bond acceptors (Lipinski definition) is 5. The maximum atomic E-state index is 6.38. The number of para-hydroxylation sites is 1. The fourth-order valence-electron chi connectivity index (χ4n) is 7.65. The van der Waals surface area contributed by atoms with Crippen molar-refractivity contribution in [1.29, 1.82) is 0 Å². The number of rotatable bonds is 5. The van der Waals surface area contributed by atoms with E-state index in [4.69, 9.17) is 23.8 Å². The van der Waals surface area contributed by atoms with Crippen LogP contribution in [0.15, 0.2) is 185 Å². The van der Waals surface area contributed by atoms with Crippen LogP contribution >= 0.6 is 0 Å². The number of fused-ring (bicyclic) bond motifs is 7. The maximum Gasteiger partial charge on any atom is 0.164 e. The van der Waals surface area contributed by atoms with E-state index >= 15 is 0 Å². The fourth-order valence-corrected chi connectivity index (χ4v) is 7.65. The normalized spacial score (nSPS) is 11.7. The van der Waals surface area contributed by atoms with Crippen molar-refractivity contribution in [1.82, 2.24) is 15.0 Å². The smallest absolute Gasteiger partial charge is 0.164 e. The number of furan rings is 2. The summed E-state index contributed by atoms with van der Waals surface area (Å²) in [5.74, 6) is 1.80. The Morgan fingerprint density at radius 1 is 0.296 bits per heavy atom. The van der Waals surface area contributed by atoms with E-state index in [-0.39, 0.29) is 0 Å². The Hall–Kier alpha value is -7.37.